The van der Waals surface area contributed by atoms with Crippen LogP contribution in [0.3, 0.4) is 0 Å². The van der Waals surface area contributed by atoms with Gasteiger partial charge < -0.3 is 0 Å². The van der Waals surface area contributed by atoms with Gasteiger partial charge in [-0.2, -0.15) is 0 Å². The second-order valence-electron chi connectivity index (χ2n) is 7.41. The average molecular weight is 442 g/mol. The van der Waals surface area contributed by atoms with Crippen molar-refractivity contribution in [1.29, 1.82) is 0 Å². The predicted octanol–water partition coefficient (Wildman–Crippen LogP) is 7.34. The maximum absolute atomic E-state index is 6.14. The molecule has 0 N–H and O–H groups in total. The fraction of sp³-hybridized carbons (Fsp3) is 0.0769. The zero-order valence-corrected chi connectivity index (χ0v) is 18.6. The Morgan fingerprint density at radius 2 is 1.61 bits per heavy atom. The van der Waals surface area contributed by atoms with Gasteiger partial charge in [-0.25, -0.2) is 0 Å². The summed E-state index contributed by atoms with van der Waals surface area (Å²) in [5, 5.41) is 13.2. The highest BCUT2D eigenvalue weighted by molar-refractivity contribution is 7.98. The molecule has 0 saturated carbocycles. The van der Waals surface area contributed by atoms with Crippen molar-refractivity contribution in [2.45, 2.75) is 17.8 Å². The monoisotopic (exact) mass is 441 g/mol. The molecule has 0 aliphatic rings. The summed E-state index contributed by atoms with van der Waals surface area (Å²) < 4.78 is 2.11. The van der Waals surface area contributed by atoms with Crippen molar-refractivity contribution in [2.75, 3.05) is 0 Å². The Kier molecular flexibility index (Phi) is 5.49. The summed E-state index contributed by atoms with van der Waals surface area (Å²) in [5.74, 6) is 1.63. The van der Waals surface area contributed by atoms with Crippen LogP contribution in [0, 0.1) is 6.92 Å². The van der Waals surface area contributed by atoms with Crippen molar-refractivity contribution < 1.29 is 0 Å². The number of halogens is 1. The second kappa shape index (κ2) is 8.58. The van der Waals surface area contributed by atoms with Crippen molar-refractivity contribution in [1.82, 2.24) is 14.8 Å². The molecule has 5 heteroatoms. The number of benzene rings is 4. The molecule has 0 aliphatic heterocycles. The average Bonchev–Trinajstić information content (AvgIpc) is 3.22. The quantitative estimate of drug-likeness (QED) is 0.267. The maximum atomic E-state index is 6.14. The van der Waals surface area contributed by atoms with E-state index in [1.165, 1.54) is 21.9 Å². The number of aryl methyl sites for hydroxylation is 1. The molecule has 0 radical (unpaired) electrons. The van der Waals surface area contributed by atoms with E-state index in [1.54, 1.807) is 11.8 Å². The highest BCUT2D eigenvalue weighted by Gasteiger charge is 2.17. The van der Waals surface area contributed by atoms with Crippen LogP contribution in [0.1, 0.15) is 11.1 Å². The van der Waals surface area contributed by atoms with Crippen LogP contribution in [0.4, 0.5) is 0 Å². The number of hydrogen-bond donors (Lipinski definition) is 0. The maximum Gasteiger partial charge on any atom is 0.196 e. The molecule has 0 saturated heterocycles. The van der Waals surface area contributed by atoms with Gasteiger partial charge >= 0.3 is 0 Å². The molecule has 0 fully saturated rings. The third-order valence-electron chi connectivity index (χ3n) is 5.23. The van der Waals surface area contributed by atoms with Gasteiger partial charge in [0.05, 0.1) is 0 Å². The van der Waals surface area contributed by atoms with E-state index in [2.05, 4.69) is 88.4 Å². The Morgan fingerprint density at radius 3 is 2.45 bits per heavy atom. The standard InChI is InChI=1S/C26H20ClN3S/c1-18-6-4-9-20(16-18)25-28-29-26(30(25)23-14-12-22(27)13-15-23)31-17-21-10-5-8-19-7-2-3-11-24(19)21/h2-16H,17H2,1H3. The molecule has 0 unspecified atom stereocenters. The fourth-order valence-corrected chi connectivity index (χ4v) is 4.80. The predicted molar refractivity (Wildman–Crippen MR) is 130 cm³/mol. The van der Waals surface area contributed by atoms with E-state index in [0.29, 0.717) is 5.02 Å². The molecule has 5 aromatic rings. The number of aromatic nitrogens is 3. The first-order valence-corrected chi connectivity index (χ1v) is 11.4. The Hall–Kier alpha value is -3.08. The molecule has 1 aromatic heterocycles. The zero-order chi connectivity index (χ0) is 21.2. The molecule has 152 valence electrons. The minimum atomic E-state index is 0.707. The summed E-state index contributed by atoms with van der Waals surface area (Å²) in [7, 11) is 0. The molecule has 0 spiro atoms. The van der Waals surface area contributed by atoms with Crippen molar-refractivity contribution in [2.24, 2.45) is 0 Å². The summed E-state index contributed by atoms with van der Waals surface area (Å²) in [6.07, 6.45) is 0. The number of rotatable bonds is 5. The lowest BCUT2D eigenvalue weighted by molar-refractivity contribution is 0.886. The smallest absolute Gasteiger partial charge is 0.196 e. The van der Waals surface area contributed by atoms with E-state index in [9.17, 15) is 0 Å². The van der Waals surface area contributed by atoms with Crippen LogP contribution in [0.2, 0.25) is 5.02 Å². The Labute approximate surface area is 190 Å². The van der Waals surface area contributed by atoms with E-state index in [0.717, 1.165) is 28.0 Å². The number of hydrogen-bond acceptors (Lipinski definition) is 3. The van der Waals surface area contributed by atoms with E-state index < -0.39 is 0 Å². The van der Waals surface area contributed by atoms with Crippen molar-refractivity contribution >= 4 is 34.1 Å². The van der Waals surface area contributed by atoms with Crippen LogP contribution in [-0.4, -0.2) is 14.8 Å². The molecule has 3 nitrogen and oxygen atoms in total. The van der Waals surface area contributed by atoms with Gasteiger partial charge in [0.2, 0.25) is 0 Å². The first-order chi connectivity index (χ1) is 15.2. The van der Waals surface area contributed by atoms with E-state index in [-0.39, 0.29) is 0 Å². The largest absolute Gasteiger partial charge is 0.270 e. The van der Waals surface area contributed by atoms with Crippen LogP contribution in [0.25, 0.3) is 27.8 Å². The SMILES string of the molecule is Cc1cccc(-c2nnc(SCc3cccc4ccccc34)n2-c2ccc(Cl)cc2)c1. The first-order valence-electron chi connectivity index (χ1n) is 10.1. The van der Waals surface area contributed by atoms with Gasteiger partial charge in [-0.3, -0.25) is 4.57 Å². The molecular formula is C26H20ClN3S. The van der Waals surface area contributed by atoms with Gasteiger partial charge in [0.25, 0.3) is 0 Å². The summed E-state index contributed by atoms with van der Waals surface area (Å²) in [4.78, 5) is 0. The minimum absolute atomic E-state index is 0.707. The number of thioether (sulfide) groups is 1. The lowest BCUT2D eigenvalue weighted by Gasteiger charge is -2.11. The van der Waals surface area contributed by atoms with Gasteiger partial charge in [-0.05, 0) is 53.6 Å². The topological polar surface area (TPSA) is 30.7 Å². The molecule has 0 bridgehead atoms. The number of nitrogens with zero attached hydrogens (tertiary/aromatic N) is 3. The van der Waals surface area contributed by atoms with Crippen LogP contribution in [-0.2, 0) is 5.75 Å². The van der Waals surface area contributed by atoms with Gasteiger partial charge in [0, 0.05) is 22.0 Å². The molecule has 5 rings (SSSR count). The summed E-state index contributed by atoms with van der Waals surface area (Å²) in [6.45, 7) is 2.09. The minimum Gasteiger partial charge on any atom is -0.270 e. The molecule has 0 amide bonds. The van der Waals surface area contributed by atoms with Gasteiger partial charge in [-0.1, -0.05) is 89.6 Å². The summed E-state index contributed by atoms with van der Waals surface area (Å²) >= 11 is 7.83. The molecular weight excluding hydrogens is 422 g/mol. The van der Waals surface area contributed by atoms with Gasteiger partial charge in [0.1, 0.15) is 0 Å². The Balaban J connectivity index is 1.56. The van der Waals surface area contributed by atoms with E-state index in [4.69, 9.17) is 11.6 Å². The van der Waals surface area contributed by atoms with Crippen molar-refractivity contribution in [3.05, 3.63) is 107 Å². The Bertz CT molecular complexity index is 1350. The lowest BCUT2D eigenvalue weighted by Crippen LogP contribution is -2.00. The molecule has 4 aromatic carbocycles. The summed E-state index contributed by atoms with van der Waals surface area (Å²) in [5.41, 5.74) is 4.50. The first kappa shape index (κ1) is 19.9. The van der Waals surface area contributed by atoms with Crippen LogP contribution >= 0.6 is 23.4 Å². The highest BCUT2D eigenvalue weighted by atomic mass is 35.5. The van der Waals surface area contributed by atoms with Gasteiger partial charge in [-0.15, -0.1) is 10.2 Å². The van der Waals surface area contributed by atoms with Crippen molar-refractivity contribution in [3.8, 4) is 17.1 Å². The van der Waals surface area contributed by atoms with Crippen molar-refractivity contribution in [3.63, 3.8) is 0 Å². The fourth-order valence-electron chi connectivity index (χ4n) is 3.72. The second-order valence-corrected chi connectivity index (χ2v) is 8.79. The Morgan fingerprint density at radius 1 is 0.839 bits per heavy atom. The highest BCUT2D eigenvalue weighted by Crippen LogP contribution is 2.32. The van der Waals surface area contributed by atoms with Gasteiger partial charge in [0.15, 0.2) is 11.0 Å². The third-order valence-corrected chi connectivity index (χ3v) is 6.46. The molecule has 0 aliphatic carbocycles. The van der Waals surface area contributed by atoms with Crippen LogP contribution in [0.5, 0.6) is 0 Å². The normalized spacial score (nSPS) is 11.2. The molecule has 0 atom stereocenters. The van der Waals surface area contributed by atoms with Crippen LogP contribution in [0.15, 0.2) is 96.2 Å². The molecule has 31 heavy (non-hydrogen) atoms. The third kappa shape index (κ3) is 4.09. The lowest BCUT2D eigenvalue weighted by atomic mass is 10.1. The molecule has 1 heterocycles. The van der Waals surface area contributed by atoms with Crippen LogP contribution < -0.4 is 0 Å². The number of fused-ring (bicyclic) bond motifs is 1. The van der Waals surface area contributed by atoms with E-state index >= 15 is 0 Å². The summed E-state index contributed by atoms with van der Waals surface area (Å²) in [6, 6.07) is 31.1. The zero-order valence-electron chi connectivity index (χ0n) is 17.0. The van der Waals surface area contributed by atoms with E-state index in [1.807, 2.05) is 24.3 Å².